The maximum atomic E-state index is 11.9. The lowest BCUT2D eigenvalue weighted by Gasteiger charge is -2.21. The number of nitrogens with zero attached hydrogens (tertiary/aromatic N) is 2. The number of hydrogen-bond acceptors (Lipinski definition) is 3. The van der Waals surface area contributed by atoms with Gasteiger partial charge in [-0.25, -0.2) is 4.79 Å². The Bertz CT molecular complexity index is 422. The van der Waals surface area contributed by atoms with Crippen molar-refractivity contribution in [1.29, 1.82) is 0 Å². The topological polar surface area (TPSA) is 69.8 Å². The van der Waals surface area contributed by atoms with E-state index < -0.39 is 6.10 Å². The minimum Gasteiger partial charge on any atom is -0.387 e. The summed E-state index contributed by atoms with van der Waals surface area (Å²) in [6.07, 6.45) is -0.732. The molecule has 0 bridgehead atoms. The number of aliphatic hydroxyl groups excluding tert-OH is 1. The van der Waals surface area contributed by atoms with Gasteiger partial charge >= 0.3 is 6.03 Å². The summed E-state index contributed by atoms with van der Waals surface area (Å²) in [5.41, 5.74) is 6.93. The van der Waals surface area contributed by atoms with Crippen LogP contribution in [0, 0.1) is 0 Å². The molecule has 1 unspecified atom stereocenters. The molecule has 1 saturated heterocycles. The lowest BCUT2D eigenvalue weighted by molar-refractivity contribution is 0.187. The highest BCUT2D eigenvalue weighted by Crippen LogP contribution is 2.28. The fourth-order valence-corrected chi connectivity index (χ4v) is 2.01. The fourth-order valence-electron chi connectivity index (χ4n) is 2.01. The second kappa shape index (κ2) is 4.73. The second-order valence-corrected chi connectivity index (χ2v) is 4.17. The first-order chi connectivity index (χ1) is 8.15. The van der Waals surface area contributed by atoms with Crippen LogP contribution in [0.2, 0.25) is 0 Å². The molecule has 1 aliphatic heterocycles. The predicted molar refractivity (Wildman–Crippen MR) is 65.8 cm³/mol. The lowest BCUT2D eigenvalue weighted by Crippen LogP contribution is -2.30. The van der Waals surface area contributed by atoms with E-state index in [9.17, 15) is 9.90 Å². The van der Waals surface area contributed by atoms with Crippen LogP contribution in [-0.2, 0) is 0 Å². The van der Waals surface area contributed by atoms with Gasteiger partial charge in [-0.15, -0.1) is 0 Å². The molecule has 0 aromatic heterocycles. The van der Waals surface area contributed by atoms with Crippen LogP contribution < -0.4 is 10.6 Å². The third kappa shape index (κ3) is 2.11. The van der Waals surface area contributed by atoms with Crippen molar-refractivity contribution in [3.05, 3.63) is 29.8 Å². The number of carbonyl (C=O) groups excluding carboxylic acids is 1. The van der Waals surface area contributed by atoms with Gasteiger partial charge in [0, 0.05) is 32.2 Å². The number of urea groups is 1. The molecular weight excluding hydrogens is 218 g/mol. The smallest absolute Gasteiger partial charge is 0.324 e. The molecule has 0 aliphatic carbocycles. The van der Waals surface area contributed by atoms with E-state index in [0.29, 0.717) is 18.7 Å². The van der Waals surface area contributed by atoms with Gasteiger partial charge in [-0.1, -0.05) is 18.2 Å². The van der Waals surface area contributed by atoms with Crippen LogP contribution in [-0.4, -0.2) is 42.7 Å². The van der Waals surface area contributed by atoms with Gasteiger partial charge in [0.1, 0.15) is 0 Å². The van der Waals surface area contributed by atoms with Crippen LogP contribution in [0.25, 0.3) is 0 Å². The molecule has 1 aliphatic rings. The molecule has 2 rings (SSSR count). The fraction of sp³-hybridized carbons (Fsp3) is 0.417. The van der Waals surface area contributed by atoms with Gasteiger partial charge in [0.15, 0.2) is 0 Å². The van der Waals surface area contributed by atoms with E-state index in [1.165, 1.54) is 0 Å². The maximum Gasteiger partial charge on any atom is 0.324 e. The van der Waals surface area contributed by atoms with Crippen molar-refractivity contribution in [3.63, 3.8) is 0 Å². The van der Waals surface area contributed by atoms with Crippen molar-refractivity contribution in [2.45, 2.75) is 6.10 Å². The van der Waals surface area contributed by atoms with Crippen LogP contribution in [0.1, 0.15) is 11.7 Å². The van der Waals surface area contributed by atoms with Gasteiger partial charge in [0.05, 0.1) is 11.8 Å². The van der Waals surface area contributed by atoms with Gasteiger partial charge in [0.2, 0.25) is 0 Å². The molecule has 5 nitrogen and oxygen atoms in total. The molecule has 1 atom stereocenters. The summed E-state index contributed by atoms with van der Waals surface area (Å²) in [5.74, 6) is 0. The Morgan fingerprint density at radius 2 is 2.12 bits per heavy atom. The molecule has 17 heavy (non-hydrogen) atoms. The van der Waals surface area contributed by atoms with Crippen molar-refractivity contribution < 1.29 is 9.90 Å². The van der Waals surface area contributed by atoms with Gasteiger partial charge in [-0.2, -0.15) is 0 Å². The first-order valence-corrected chi connectivity index (χ1v) is 5.65. The van der Waals surface area contributed by atoms with Gasteiger partial charge in [-0.05, 0) is 6.07 Å². The zero-order valence-electron chi connectivity index (χ0n) is 9.84. The van der Waals surface area contributed by atoms with Crippen molar-refractivity contribution >= 4 is 11.7 Å². The summed E-state index contributed by atoms with van der Waals surface area (Å²) in [5, 5.41) is 9.85. The SMILES string of the molecule is CN1CCN(c2ccccc2C(O)CN)C1=O. The summed E-state index contributed by atoms with van der Waals surface area (Å²) < 4.78 is 0. The van der Waals surface area contributed by atoms with Crippen molar-refractivity contribution in [2.24, 2.45) is 5.73 Å². The summed E-state index contributed by atoms with van der Waals surface area (Å²) in [7, 11) is 1.77. The Balaban J connectivity index is 2.35. The maximum absolute atomic E-state index is 11.9. The summed E-state index contributed by atoms with van der Waals surface area (Å²) in [4.78, 5) is 15.2. The van der Waals surface area contributed by atoms with Crippen molar-refractivity contribution in [2.75, 3.05) is 31.6 Å². The van der Waals surface area contributed by atoms with Crippen LogP contribution in [0.5, 0.6) is 0 Å². The molecule has 1 heterocycles. The predicted octanol–water partition coefficient (Wildman–Crippen LogP) is 0.551. The van der Waals surface area contributed by atoms with Crippen LogP contribution >= 0.6 is 0 Å². The number of benzene rings is 1. The number of likely N-dealkylation sites (N-methyl/N-ethyl adjacent to an activating group) is 1. The average Bonchev–Trinajstić information content (AvgIpc) is 2.69. The number of amides is 2. The Morgan fingerprint density at radius 3 is 2.71 bits per heavy atom. The Hall–Kier alpha value is -1.59. The molecule has 0 spiro atoms. The minimum absolute atomic E-state index is 0.0401. The quantitative estimate of drug-likeness (QED) is 0.803. The van der Waals surface area contributed by atoms with Crippen molar-refractivity contribution in [3.8, 4) is 0 Å². The first-order valence-electron chi connectivity index (χ1n) is 5.65. The van der Waals surface area contributed by atoms with E-state index in [1.807, 2.05) is 18.2 Å². The molecular formula is C12H17N3O2. The van der Waals surface area contributed by atoms with Crippen LogP contribution in [0.3, 0.4) is 0 Å². The zero-order chi connectivity index (χ0) is 12.4. The highest BCUT2D eigenvalue weighted by molar-refractivity contribution is 5.94. The average molecular weight is 235 g/mol. The largest absolute Gasteiger partial charge is 0.387 e. The molecule has 0 radical (unpaired) electrons. The Kier molecular flexibility index (Phi) is 3.31. The number of anilines is 1. The molecule has 5 heteroatoms. The molecule has 1 aromatic rings. The standard InChI is InChI=1S/C12H17N3O2/c1-14-6-7-15(12(14)17)10-5-3-2-4-9(10)11(16)8-13/h2-5,11,16H,6-8,13H2,1H3. The van der Waals surface area contributed by atoms with E-state index in [0.717, 1.165) is 5.69 Å². The second-order valence-electron chi connectivity index (χ2n) is 4.17. The number of hydrogen-bond donors (Lipinski definition) is 2. The molecule has 2 amide bonds. The monoisotopic (exact) mass is 235 g/mol. The number of carbonyl (C=O) groups is 1. The number of aliphatic hydroxyl groups is 1. The van der Waals surface area contributed by atoms with Gasteiger partial charge in [-0.3, -0.25) is 4.90 Å². The molecule has 1 fully saturated rings. The summed E-state index contributed by atoms with van der Waals surface area (Å²) in [6, 6.07) is 7.29. The Morgan fingerprint density at radius 1 is 1.41 bits per heavy atom. The van der Waals surface area contributed by atoms with Gasteiger partial charge in [0.25, 0.3) is 0 Å². The van der Waals surface area contributed by atoms with Gasteiger partial charge < -0.3 is 15.7 Å². The van der Waals surface area contributed by atoms with Crippen molar-refractivity contribution in [1.82, 2.24) is 4.90 Å². The summed E-state index contributed by atoms with van der Waals surface area (Å²) in [6.45, 7) is 1.49. The Labute approximate surface area is 100 Å². The number of rotatable bonds is 3. The number of nitrogens with two attached hydrogens (primary N) is 1. The highest BCUT2D eigenvalue weighted by Gasteiger charge is 2.28. The van der Waals surface area contributed by atoms with E-state index >= 15 is 0 Å². The molecule has 3 N–H and O–H groups in total. The van der Waals surface area contributed by atoms with E-state index in [2.05, 4.69) is 0 Å². The van der Waals surface area contributed by atoms with E-state index in [4.69, 9.17) is 5.73 Å². The third-order valence-electron chi connectivity index (χ3n) is 3.03. The summed E-state index contributed by atoms with van der Waals surface area (Å²) >= 11 is 0. The van der Waals surface area contributed by atoms with E-state index in [1.54, 1.807) is 22.9 Å². The first kappa shape index (κ1) is 11.9. The third-order valence-corrected chi connectivity index (χ3v) is 3.03. The lowest BCUT2D eigenvalue weighted by atomic mass is 10.1. The normalized spacial score (nSPS) is 17.7. The molecule has 92 valence electrons. The van der Waals surface area contributed by atoms with Crippen LogP contribution in [0.4, 0.5) is 10.5 Å². The van der Waals surface area contributed by atoms with E-state index in [-0.39, 0.29) is 12.6 Å². The molecule has 0 saturated carbocycles. The number of para-hydroxylation sites is 1. The van der Waals surface area contributed by atoms with Crippen LogP contribution in [0.15, 0.2) is 24.3 Å². The molecule has 1 aromatic carbocycles. The highest BCUT2D eigenvalue weighted by atomic mass is 16.3. The zero-order valence-corrected chi connectivity index (χ0v) is 9.84. The minimum atomic E-state index is -0.732.